The number of ether oxygens (including phenoxy) is 1. The lowest BCUT2D eigenvalue weighted by Gasteiger charge is -2.36. The van der Waals surface area contributed by atoms with Gasteiger partial charge in [-0.15, -0.1) is 0 Å². The molecule has 0 aliphatic carbocycles. The van der Waals surface area contributed by atoms with Gasteiger partial charge in [-0.3, -0.25) is 0 Å². The van der Waals surface area contributed by atoms with E-state index >= 15 is 0 Å². The van der Waals surface area contributed by atoms with Crippen molar-refractivity contribution in [2.45, 2.75) is 24.0 Å². The normalized spacial score (nSPS) is 24.2. The summed E-state index contributed by atoms with van der Waals surface area (Å²) < 4.78 is 31.9. The van der Waals surface area contributed by atoms with Gasteiger partial charge in [0.05, 0.1) is 35.8 Å². The average molecular weight is 296 g/mol. The molecule has 20 heavy (non-hydrogen) atoms. The summed E-state index contributed by atoms with van der Waals surface area (Å²) in [5, 5.41) is 18.0. The summed E-state index contributed by atoms with van der Waals surface area (Å²) in [6.45, 7) is 1.87. The molecule has 0 aromatic heterocycles. The van der Waals surface area contributed by atoms with E-state index in [4.69, 9.17) is 15.1 Å². The van der Waals surface area contributed by atoms with Crippen molar-refractivity contribution in [2.24, 2.45) is 0 Å². The van der Waals surface area contributed by atoms with Crippen LogP contribution in [0.3, 0.4) is 0 Å². The van der Waals surface area contributed by atoms with Gasteiger partial charge in [0.25, 0.3) is 0 Å². The average Bonchev–Trinajstić information content (AvgIpc) is 2.47. The number of nitrogens with zero attached hydrogens (tertiary/aromatic N) is 2. The Morgan fingerprint density at radius 2 is 2.30 bits per heavy atom. The molecular weight excluding hydrogens is 280 g/mol. The van der Waals surface area contributed by atoms with Gasteiger partial charge in [0.15, 0.2) is 0 Å². The molecule has 2 rings (SSSR count). The lowest BCUT2D eigenvalue weighted by Crippen LogP contribution is -2.51. The standard InChI is InChI=1S/C13H16N2O4S/c1-10-9-19-12(8-16)7-15(10)20(17,18)13-4-2-3-11(5-13)6-14/h2-5,10,12,16H,7-9H2,1H3. The third-order valence-corrected chi connectivity index (χ3v) is 5.20. The minimum Gasteiger partial charge on any atom is -0.394 e. The van der Waals surface area contributed by atoms with Gasteiger partial charge in [-0.2, -0.15) is 9.57 Å². The molecule has 108 valence electrons. The molecule has 0 saturated carbocycles. The van der Waals surface area contributed by atoms with Crippen molar-refractivity contribution in [1.82, 2.24) is 4.31 Å². The molecule has 0 amide bonds. The first kappa shape index (κ1) is 14.9. The minimum atomic E-state index is -3.70. The quantitative estimate of drug-likeness (QED) is 0.868. The van der Waals surface area contributed by atoms with E-state index in [0.29, 0.717) is 5.56 Å². The van der Waals surface area contributed by atoms with Crippen LogP contribution in [0.5, 0.6) is 0 Å². The van der Waals surface area contributed by atoms with E-state index in [2.05, 4.69) is 0 Å². The van der Waals surface area contributed by atoms with E-state index in [9.17, 15) is 8.42 Å². The van der Waals surface area contributed by atoms with Crippen LogP contribution in [-0.2, 0) is 14.8 Å². The Balaban J connectivity index is 2.35. The van der Waals surface area contributed by atoms with E-state index in [1.54, 1.807) is 19.1 Å². The summed E-state index contributed by atoms with van der Waals surface area (Å²) in [5.41, 5.74) is 0.297. The van der Waals surface area contributed by atoms with Gasteiger partial charge in [0.2, 0.25) is 10.0 Å². The summed E-state index contributed by atoms with van der Waals surface area (Å²) in [7, 11) is -3.70. The topological polar surface area (TPSA) is 90.6 Å². The van der Waals surface area contributed by atoms with E-state index in [1.165, 1.54) is 16.4 Å². The van der Waals surface area contributed by atoms with Crippen molar-refractivity contribution in [3.05, 3.63) is 29.8 Å². The molecule has 7 heteroatoms. The zero-order chi connectivity index (χ0) is 14.8. The van der Waals surface area contributed by atoms with Gasteiger partial charge < -0.3 is 9.84 Å². The van der Waals surface area contributed by atoms with Gasteiger partial charge >= 0.3 is 0 Å². The largest absolute Gasteiger partial charge is 0.394 e. The second-order valence-corrected chi connectivity index (χ2v) is 6.59. The second kappa shape index (κ2) is 5.89. The van der Waals surface area contributed by atoms with Crippen LogP contribution in [0.15, 0.2) is 29.2 Å². The predicted molar refractivity (Wildman–Crippen MR) is 71.3 cm³/mol. The highest BCUT2D eigenvalue weighted by molar-refractivity contribution is 7.89. The highest BCUT2D eigenvalue weighted by atomic mass is 32.2. The maximum absolute atomic E-state index is 12.6. The minimum absolute atomic E-state index is 0.0852. The fourth-order valence-corrected chi connectivity index (χ4v) is 3.79. The van der Waals surface area contributed by atoms with Crippen LogP contribution in [0.1, 0.15) is 12.5 Å². The molecule has 1 heterocycles. The number of hydrogen-bond donors (Lipinski definition) is 1. The Labute approximate surface area is 118 Å². The van der Waals surface area contributed by atoms with Crippen molar-refractivity contribution in [3.8, 4) is 6.07 Å². The van der Waals surface area contributed by atoms with E-state index in [-0.39, 0.29) is 30.7 Å². The van der Waals surface area contributed by atoms with Crippen LogP contribution in [0.4, 0.5) is 0 Å². The molecule has 0 spiro atoms. The Hall–Kier alpha value is -1.46. The highest BCUT2D eigenvalue weighted by Crippen LogP contribution is 2.23. The Kier molecular flexibility index (Phi) is 4.40. The molecule has 2 unspecified atom stereocenters. The molecule has 1 aliphatic heterocycles. The van der Waals surface area contributed by atoms with Crippen molar-refractivity contribution in [2.75, 3.05) is 19.8 Å². The zero-order valence-corrected chi connectivity index (χ0v) is 11.9. The van der Waals surface area contributed by atoms with Crippen LogP contribution in [0.25, 0.3) is 0 Å². The summed E-state index contributed by atoms with van der Waals surface area (Å²) in [4.78, 5) is 0.0852. The van der Waals surface area contributed by atoms with Gasteiger partial charge in [-0.05, 0) is 25.1 Å². The number of rotatable bonds is 3. The van der Waals surface area contributed by atoms with Crippen molar-refractivity contribution in [3.63, 3.8) is 0 Å². The molecule has 1 fully saturated rings. The monoisotopic (exact) mass is 296 g/mol. The molecule has 1 aromatic rings. The Morgan fingerprint density at radius 3 is 2.95 bits per heavy atom. The molecule has 1 aromatic carbocycles. The molecule has 0 radical (unpaired) electrons. The second-order valence-electron chi connectivity index (χ2n) is 4.70. The summed E-state index contributed by atoms with van der Waals surface area (Å²) in [5.74, 6) is 0. The van der Waals surface area contributed by atoms with Crippen molar-refractivity contribution < 1.29 is 18.3 Å². The molecule has 1 saturated heterocycles. The summed E-state index contributed by atoms with van der Waals surface area (Å²) in [6, 6.07) is 7.53. The van der Waals surface area contributed by atoms with Crippen LogP contribution in [0, 0.1) is 11.3 Å². The fraction of sp³-hybridized carbons (Fsp3) is 0.462. The maximum Gasteiger partial charge on any atom is 0.243 e. The Morgan fingerprint density at radius 1 is 1.55 bits per heavy atom. The number of hydrogen-bond acceptors (Lipinski definition) is 5. The third-order valence-electron chi connectivity index (χ3n) is 3.22. The number of benzene rings is 1. The number of nitriles is 1. The third kappa shape index (κ3) is 2.83. The first-order valence-corrected chi connectivity index (χ1v) is 7.67. The van der Waals surface area contributed by atoms with Crippen LogP contribution < -0.4 is 0 Å². The van der Waals surface area contributed by atoms with Crippen molar-refractivity contribution in [1.29, 1.82) is 5.26 Å². The van der Waals surface area contributed by atoms with Gasteiger partial charge in [-0.1, -0.05) is 6.07 Å². The Bertz CT molecular complexity index is 624. The number of aliphatic hydroxyl groups excluding tert-OH is 1. The first-order valence-electron chi connectivity index (χ1n) is 6.23. The molecular formula is C13H16N2O4S. The lowest BCUT2D eigenvalue weighted by atomic mass is 10.2. The van der Waals surface area contributed by atoms with Crippen LogP contribution in [-0.4, -0.2) is 49.7 Å². The zero-order valence-electron chi connectivity index (χ0n) is 11.1. The van der Waals surface area contributed by atoms with Gasteiger partial charge in [0.1, 0.15) is 0 Å². The molecule has 2 atom stereocenters. The van der Waals surface area contributed by atoms with Crippen LogP contribution in [0.2, 0.25) is 0 Å². The maximum atomic E-state index is 12.6. The fourth-order valence-electron chi connectivity index (χ4n) is 2.10. The summed E-state index contributed by atoms with van der Waals surface area (Å²) >= 11 is 0. The lowest BCUT2D eigenvalue weighted by molar-refractivity contribution is -0.0516. The van der Waals surface area contributed by atoms with Gasteiger partial charge in [0, 0.05) is 12.6 Å². The van der Waals surface area contributed by atoms with E-state index in [1.807, 2.05) is 6.07 Å². The molecule has 1 N–H and O–H groups in total. The first-order chi connectivity index (χ1) is 9.48. The summed E-state index contributed by atoms with van der Waals surface area (Å²) in [6.07, 6.45) is -0.514. The van der Waals surface area contributed by atoms with Crippen molar-refractivity contribution >= 4 is 10.0 Å². The predicted octanol–water partition coefficient (Wildman–Crippen LogP) is 0.329. The smallest absolute Gasteiger partial charge is 0.243 e. The SMILES string of the molecule is CC1COC(CO)CN1S(=O)(=O)c1cccc(C#N)c1. The van der Waals surface area contributed by atoms with Crippen LogP contribution >= 0.6 is 0 Å². The van der Waals surface area contributed by atoms with E-state index < -0.39 is 16.1 Å². The number of aliphatic hydroxyl groups is 1. The molecule has 6 nitrogen and oxygen atoms in total. The van der Waals surface area contributed by atoms with Gasteiger partial charge in [-0.25, -0.2) is 8.42 Å². The molecule has 1 aliphatic rings. The number of morpholine rings is 1. The van der Waals surface area contributed by atoms with E-state index in [0.717, 1.165) is 0 Å². The number of sulfonamides is 1. The highest BCUT2D eigenvalue weighted by Gasteiger charge is 2.35. The molecule has 0 bridgehead atoms.